The fraction of sp³-hybridized carbons (Fsp3) is 0.273. The third kappa shape index (κ3) is 3.87. The van der Waals surface area contributed by atoms with E-state index in [4.69, 9.17) is 0 Å². The van der Waals surface area contributed by atoms with Crippen molar-refractivity contribution in [3.05, 3.63) is 64.4 Å². The molecule has 0 saturated carbocycles. The molecular weight excluding hydrogens is 464 g/mol. The number of hydrogen-bond acceptors (Lipinski definition) is 7. The van der Waals surface area contributed by atoms with Gasteiger partial charge in [-0.2, -0.15) is 0 Å². The number of nitrogens with zero attached hydrogens (tertiary/aromatic N) is 3. The minimum Gasteiger partial charge on any atom is -0.319 e. The number of sulfone groups is 1. The largest absolute Gasteiger partial charge is 0.325 e. The van der Waals surface area contributed by atoms with E-state index >= 15 is 0 Å². The number of carbonyl (C=O) groups is 3. The molecular formula is C22H22N4O5S2. The van der Waals surface area contributed by atoms with Crippen LogP contribution in [0.15, 0.2) is 46.8 Å². The van der Waals surface area contributed by atoms with Crippen LogP contribution in [-0.4, -0.2) is 53.4 Å². The van der Waals surface area contributed by atoms with Crippen molar-refractivity contribution in [1.29, 1.82) is 0 Å². The number of thiazole rings is 1. The van der Waals surface area contributed by atoms with Crippen molar-refractivity contribution in [2.24, 2.45) is 0 Å². The van der Waals surface area contributed by atoms with Crippen molar-refractivity contribution < 1.29 is 22.8 Å². The number of Topliss-reactive ketones (excluding diaryl/α,β-unsaturated/α-hetero) is 1. The molecule has 11 heteroatoms. The topological polar surface area (TPSA) is 118 Å². The Hall–Kier alpha value is -3.31. The second kappa shape index (κ2) is 7.92. The van der Waals surface area contributed by atoms with Gasteiger partial charge >= 0.3 is 6.03 Å². The lowest BCUT2D eigenvalue weighted by Gasteiger charge is -2.22. The van der Waals surface area contributed by atoms with Gasteiger partial charge in [0.1, 0.15) is 5.54 Å². The van der Waals surface area contributed by atoms with Gasteiger partial charge < -0.3 is 5.32 Å². The highest BCUT2D eigenvalue weighted by Gasteiger charge is 2.49. The van der Waals surface area contributed by atoms with Crippen molar-refractivity contribution in [3.8, 4) is 5.13 Å². The molecule has 1 fully saturated rings. The van der Waals surface area contributed by atoms with Crippen LogP contribution in [-0.2, 0) is 20.2 Å². The average Bonchev–Trinajstić information content (AvgIpc) is 3.42. The van der Waals surface area contributed by atoms with Crippen LogP contribution in [0.4, 0.5) is 4.79 Å². The van der Waals surface area contributed by atoms with Gasteiger partial charge in [-0.25, -0.2) is 18.2 Å². The third-order valence-corrected chi connectivity index (χ3v) is 7.66. The lowest BCUT2D eigenvalue weighted by Crippen LogP contribution is -2.41. The van der Waals surface area contributed by atoms with E-state index in [1.807, 2.05) is 16.9 Å². The molecule has 1 atom stereocenters. The number of ketones is 1. The Morgan fingerprint density at radius 3 is 2.42 bits per heavy atom. The molecule has 4 rings (SSSR count). The average molecular weight is 487 g/mol. The number of aromatic nitrogens is 2. The maximum absolute atomic E-state index is 13.2. The van der Waals surface area contributed by atoms with Crippen LogP contribution in [0.5, 0.6) is 0 Å². The molecule has 1 saturated heterocycles. The Morgan fingerprint density at radius 2 is 1.85 bits per heavy atom. The number of aryl methyl sites for hydroxylation is 1. The first-order valence-electron chi connectivity index (χ1n) is 10.00. The summed E-state index contributed by atoms with van der Waals surface area (Å²) >= 11 is 1.44. The molecule has 33 heavy (non-hydrogen) atoms. The number of amides is 3. The molecule has 2 aromatic heterocycles. The van der Waals surface area contributed by atoms with Crippen molar-refractivity contribution in [1.82, 2.24) is 19.8 Å². The summed E-state index contributed by atoms with van der Waals surface area (Å²) in [5, 5.41) is 5.20. The van der Waals surface area contributed by atoms with Gasteiger partial charge in [-0.15, -0.1) is 11.3 Å². The van der Waals surface area contributed by atoms with Gasteiger partial charge in [-0.3, -0.25) is 19.1 Å². The number of urea groups is 1. The highest BCUT2D eigenvalue weighted by atomic mass is 32.2. The predicted molar refractivity (Wildman–Crippen MR) is 122 cm³/mol. The van der Waals surface area contributed by atoms with Gasteiger partial charge in [0.15, 0.2) is 20.8 Å². The molecule has 0 bridgehead atoms. The SMILES string of the molecule is Cc1cc(C(=O)CN2C(=O)N[C@@](C)(c3ccc(S(C)(=O)=O)cc3)C2=O)c(C)n1-c1nccs1. The Labute approximate surface area is 195 Å². The van der Waals surface area contributed by atoms with Crippen LogP contribution >= 0.6 is 11.3 Å². The van der Waals surface area contributed by atoms with Crippen LogP contribution in [0.25, 0.3) is 5.13 Å². The van der Waals surface area contributed by atoms with Crippen LogP contribution < -0.4 is 5.32 Å². The van der Waals surface area contributed by atoms with Gasteiger partial charge in [-0.1, -0.05) is 12.1 Å². The Morgan fingerprint density at radius 1 is 1.18 bits per heavy atom. The maximum Gasteiger partial charge on any atom is 0.325 e. The molecule has 172 valence electrons. The van der Waals surface area contributed by atoms with Crippen molar-refractivity contribution >= 4 is 38.9 Å². The second-order valence-electron chi connectivity index (χ2n) is 8.10. The molecule has 0 spiro atoms. The van der Waals surface area contributed by atoms with E-state index in [9.17, 15) is 22.8 Å². The fourth-order valence-electron chi connectivity index (χ4n) is 3.97. The van der Waals surface area contributed by atoms with Gasteiger partial charge in [-0.05, 0) is 44.5 Å². The van der Waals surface area contributed by atoms with Crippen LogP contribution in [0.1, 0.15) is 34.2 Å². The van der Waals surface area contributed by atoms with Gasteiger partial charge in [0.25, 0.3) is 5.91 Å². The standard InChI is InChI=1S/C22H22N4O5S2/c1-13-11-17(14(2)26(13)21-23-9-10-32-21)18(27)12-25-19(28)22(3,24-20(25)29)15-5-7-16(8-6-15)33(4,30)31/h5-11H,12H2,1-4H3,(H,24,29)/t22-/m0/s1. The molecule has 1 aromatic carbocycles. The number of hydrogen-bond donors (Lipinski definition) is 1. The molecule has 9 nitrogen and oxygen atoms in total. The molecule has 1 N–H and O–H groups in total. The Kier molecular flexibility index (Phi) is 5.49. The summed E-state index contributed by atoms with van der Waals surface area (Å²) in [6, 6.07) is 6.79. The normalized spacial score (nSPS) is 18.6. The van der Waals surface area contributed by atoms with Gasteiger partial charge in [0.2, 0.25) is 0 Å². The molecule has 0 aliphatic carbocycles. The van der Waals surface area contributed by atoms with E-state index in [1.165, 1.54) is 42.5 Å². The monoisotopic (exact) mass is 486 g/mol. The Balaban J connectivity index is 1.59. The number of rotatable bonds is 6. The minimum absolute atomic E-state index is 0.106. The van der Waals surface area contributed by atoms with E-state index < -0.39 is 33.9 Å². The van der Waals surface area contributed by atoms with Crippen molar-refractivity contribution in [2.75, 3.05) is 12.8 Å². The quantitative estimate of drug-likeness (QED) is 0.423. The summed E-state index contributed by atoms with van der Waals surface area (Å²) in [5.41, 5.74) is 0.919. The van der Waals surface area contributed by atoms with Crippen LogP contribution in [0.2, 0.25) is 0 Å². The van der Waals surface area contributed by atoms with E-state index in [2.05, 4.69) is 10.3 Å². The molecule has 0 unspecified atom stereocenters. The lowest BCUT2D eigenvalue weighted by molar-refractivity contribution is -0.130. The maximum atomic E-state index is 13.2. The van der Waals surface area contributed by atoms with Crippen LogP contribution in [0, 0.1) is 13.8 Å². The molecule has 0 radical (unpaired) electrons. The molecule has 1 aliphatic heterocycles. The summed E-state index contributed by atoms with van der Waals surface area (Å²) in [6.45, 7) is 4.77. The fourth-order valence-corrected chi connectivity index (χ4v) is 5.35. The smallest absolute Gasteiger partial charge is 0.319 e. The van der Waals surface area contributed by atoms with E-state index in [1.54, 1.807) is 19.2 Å². The predicted octanol–water partition coefficient (Wildman–Crippen LogP) is 2.60. The van der Waals surface area contributed by atoms with E-state index in [-0.39, 0.29) is 10.7 Å². The number of benzene rings is 1. The second-order valence-corrected chi connectivity index (χ2v) is 11.0. The first-order valence-corrected chi connectivity index (χ1v) is 12.8. The zero-order valence-electron chi connectivity index (χ0n) is 18.4. The summed E-state index contributed by atoms with van der Waals surface area (Å²) in [4.78, 5) is 44.2. The highest BCUT2D eigenvalue weighted by Crippen LogP contribution is 2.30. The van der Waals surface area contributed by atoms with Crippen molar-refractivity contribution in [2.45, 2.75) is 31.2 Å². The molecule has 3 aromatic rings. The zero-order chi connectivity index (χ0) is 24.1. The number of nitrogens with one attached hydrogen (secondary N) is 1. The Bertz CT molecular complexity index is 1370. The number of imide groups is 1. The first kappa shape index (κ1) is 22.9. The number of carbonyl (C=O) groups excluding carboxylic acids is 3. The molecule has 1 aliphatic rings. The lowest BCUT2D eigenvalue weighted by atomic mass is 9.92. The van der Waals surface area contributed by atoms with Gasteiger partial charge in [0.05, 0.1) is 11.4 Å². The summed E-state index contributed by atoms with van der Waals surface area (Å²) < 4.78 is 25.3. The highest BCUT2D eigenvalue weighted by molar-refractivity contribution is 7.90. The van der Waals surface area contributed by atoms with Crippen molar-refractivity contribution in [3.63, 3.8) is 0 Å². The first-order chi connectivity index (χ1) is 15.4. The third-order valence-electron chi connectivity index (χ3n) is 5.78. The summed E-state index contributed by atoms with van der Waals surface area (Å²) in [6.07, 6.45) is 2.77. The summed E-state index contributed by atoms with van der Waals surface area (Å²) in [5.74, 6) is -0.951. The van der Waals surface area contributed by atoms with E-state index in [0.717, 1.165) is 22.0 Å². The van der Waals surface area contributed by atoms with Crippen LogP contribution in [0.3, 0.4) is 0 Å². The minimum atomic E-state index is -3.40. The molecule has 3 amide bonds. The molecule has 3 heterocycles. The van der Waals surface area contributed by atoms with E-state index in [0.29, 0.717) is 16.8 Å². The van der Waals surface area contributed by atoms with Gasteiger partial charge in [0, 0.05) is 34.8 Å². The zero-order valence-corrected chi connectivity index (χ0v) is 20.1. The summed E-state index contributed by atoms with van der Waals surface area (Å²) in [7, 11) is -3.40.